The third-order valence-electron chi connectivity index (χ3n) is 3.74. The summed E-state index contributed by atoms with van der Waals surface area (Å²) >= 11 is 0. The van der Waals surface area contributed by atoms with Gasteiger partial charge in [-0.2, -0.15) is 0 Å². The van der Waals surface area contributed by atoms with Gasteiger partial charge in [-0.1, -0.05) is 18.2 Å². The molecule has 0 aromatic heterocycles. The average molecular weight is 232 g/mol. The van der Waals surface area contributed by atoms with Crippen molar-refractivity contribution >= 4 is 0 Å². The molecule has 0 spiro atoms. The second kappa shape index (κ2) is 4.79. The Hall–Kier alpha value is -0.860. The van der Waals surface area contributed by atoms with E-state index in [0.717, 1.165) is 0 Å². The quantitative estimate of drug-likeness (QED) is 0.840. The molecule has 2 nitrogen and oxygen atoms in total. The number of likely N-dealkylation sites (N-methyl/N-ethyl adjacent to an activating group) is 1. The Morgan fingerprint density at radius 1 is 1.18 bits per heavy atom. The minimum absolute atomic E-state index is 0.217. The molecule has 0 radical (unpaired) electrons. The van der Waals surface area contributed by atoms with Crippen molar-refractivity contribution in [2.24, 2.45) is 5.73 Å². The molecule has 0 bridgehead atoms. The van der Waals surface area contributed by atoms with E-state index >= 15 is 0 Å². The van der Waals surface area contributed by atoms with Crippen molar-refractivity contribution in [3.05, 3.63) is 34.9 Å². The van der Waals surface area contributed by atoms with E-state index < -0.39 is 0 Å². The number of hydrogen-bond acceptors (Lipinski definition) is 2. The molecule has 3 N–H and O–H groups in total. The lowest BCUT2D eigenvalue weighted by Crippen LogP contribution is -2.45. The number of fused-ring (bicyclic) bond motifs is 1. The van der Waals surface area contributed by atoms with Crippen molar-refractivity contribution in [1.82, 2.24) is 5.32 Å². The van der Waals surface area contributed by atoms with Crippen LogP contribution in [0.2, 0.25) is 0 Å². The predicted molar refractivity (Wildman–Crippen MR) is 73.2 cm³/mol. The molecule has 0 aliphatic heterocycles. The Kier molecular flexibility index (Phi) is 3.55. The van der Waals surface area contributed by atoms with E-state index in [2.05, 4.69) is 37.4 Å². The predicted octanol–water partition coefficient (Wildman–Crippen LogP) is 2.56. The highest BCUT2D eigenvalue weighted by Crippen LogP contribution is 2.28. The van der Waals surface area contributed by atoms with Crippen molar-refractivity contribution in [3.8, 4) is 0 Å². The Bertz CT molecular complexity index is 390. The number of nitrogens with two attached hydrogens (primary N) is 1. The highest BCUT2D eigenvalue weighted by Gasteiger charge is 2.25. The number of benzene rings is 1. The van der Waals surface area contributed by atoms with E-state index in [9.17, 15) is 0 Å². The molecule has 1 unspecified atom stereocenters. The molecule has 0 saturated heterocycles. The minimum atomic E-state index is -0.238. The van der Waals surface area contributed by atoms with Gasteiger partial charge in [-0.3, -0.25) is 0 Å². The van der Waals surface area contributed by atoms with E-state index in [1.807, 2.05) is 7.05 Å². The molecule has 1 aromatic rings. The molecule has 0 fully saturated rings. The van der Waals surface area contributed by atoms with Crippen LogP contribution in [0.25, 0.3) is 0 Å². The number of hydrogen-bond donors (Lipinski definition) is 2. The summed E-state index contributed by atoms with van der Waals surface area (Å²) in [5, 5.41) is 3.34. The van der Waals surface area contributed by atoms with E-state index in [1.165, 1.54) is 42.4 Å². The van der Waals surface area contributed by atoms with Gasteiger partial charge in [0.25, 0.3) is 0 Å². The summed E-state index contributed by atoms with van der Waals surface area (Å²) < 4.78 is 0. The highest BCUT2D eigenvalue weighted by molar-refractivity contribution is 5.36. The zero-order chi connectivity index (χ0) is 12.5. The van der Waals surface area contributed by atoms with Gasteiger partial charge in [0.1, 0.15) is 0 Å². The standard InChI is InChI=1S/C15H24N2/c1-15(2,16)14(17-3)13-9-8-11-6-4-5-7-12(11)10-13/h8-10,14,17H,4-7,16H2,1-3H3. The van der Waals surface area contributed by atoms with Gasteiger partial charge in [0.15, 0.2) is 0 Å². The molecular weight excluding hydrogens is 208 g/mol. The summed E-state index contributed by atoms with van der Waals surface area (Å²) in [5.74, 6) is 0. The summed E-state index contributed by atoms with van der Waals surface area (Å²) in [6.45, 7) is 4.15. The van der Waals surface area contributed by atoms with Crippen molar-refractivity contribution < 1.29 is 0 Å². The molecule has 94 valence electrons. The molecule has 2 rings (SSSR count). The Balaban J connectivity index is 2.32. The molecule has 0 heterocycles. The van der Waals surface area contributed by atoms with Gasteiger partial charge in [-0.25, -0.2) is 0 Å². The second-order valence-corrected chi connectivity index (χ2v) is 5.78. The third kappa shape index (κ3) is 2.70. The largest absolute Gasteiger partial charge is 0.324 e. The minimum Gasteiger partial charge on any atom is -0.324 e. The van der Waals surface area contributed by atoms with E-state index in [4.69, 9.17) is 5.73 Å². The van der Waals surface area contributed by atoms with Crippen molar-refractivity contribution in [1.29, 1.82) is 0 Å². The summed E-state index contributed by atoms with van der Waals surface area (Å²) in [5.41, 5.74) is 10.4. The van der Waals surface area contributed by atoms with Crippen LogP contribution in [-0.2, 0) is 12.8 Å². The second-order valence-electron chi connectivity index (χ2n) is 5.78. The van der Waals surface area contributed by atoms with Crippen molar-refractivity contribution in [2.75, 3.05) is 7.05 Å². The van der Waals surface area contributed by atoms with Crippen LogP contribution in [0.1, 0.15) is 49.4 Å². The monoisotopic (exact) mass is 232 g/mol. The molecular formula is C15H24N2. The maximum Gasteiger partial charge on any atom is 0.0495 e. The fraction of sp³-hybridized carbons (Fsp3) is 0.600. The number of aryl methyl sites for hydroxylation is 2. The van der Waals surface area contributed by atoms with Crippen LogP contribution in [-0.4, -0.2) is 12.6 Å². The van der Waals surface area contributed by atoms with Gasteiger partial charge in [0.2, 0.25) is 0 Å². The van der Waals surface area contributed by atoms with Gasteiger partial charge >= 0.3 is 0 Å². The van der Waals surface area contributed by atoms with Crippen molar-refractivity contribution in [2.45, 2.75) is 51.1 Å². The molecule has 0 saturated carbocycles. The normalized spacial score (nSPS) is 17.6. The lowest BCUT2D eigenvalue weighted by Gasteiger charge is -2.31. The van der Waals surface area contributed by atoms with E-state index in [1.54, 1.807) is 0 Å². The smallest absolute Gasteiger partial charge is 0.0495 e. The molecule has 17 heavy (non-hydrogen) atoms. The molecule has 1 atom stereocenters. The fourth-order valence-electron chi connectivity index (χ4n) is 2.90. The zero-order valence-electron chi connectivity index (χ0n) is 11.2. The Morgan fingerprint density at radius 2 is 1.82 bits per heavy atom. The Morgan fingerprint density at radius 3 is 2.41 bits per heavy atom. The topological polar surface area (TPSA) is 38.0 Å². The molecule has 1 aliphatic carbocycles. The van der Waals surface area contributed by atoms with Gasteiger partial charge < -0.3 is 11.1 Å². The summed E-state index contributed by atoms with van der Waals surface area (Å²) in [7, 11) is 1.98. The van der Waals surface area contributed by atoms with Gasteiger partial charge in [0.05, 0.1) is 0 Å². The van der Waals surface area contributed by atoms with E-state index in [0.29, 0.717) is 0 Å². The van der Waals surface area contributed by atoms with Crippen LogP contribution in [0.5, 0.6) is 0 Å². The summed E-state index contributed by atoms with van der Waals surface area (Å²) in [4.78, 5) is 0. The van der Waals surface area contributed by atoms with Crippen LogP contribution in [0.3, 0.4) is 0 Å². The van der Waals surface area contributed by atoms with Gasteiger partial charge in [-0.05, 0) is 63.3 Å². The third-order valence-corrected chi connectivity index (χ3v) is 3.74. The molecule has 1 aromatic carbocycles. The number of rotatable bonds is 3. The first-order valence-electron chi connectivity index (χ1n) is 6.60. The average Bonchev–Trinajstić information content (AvgIpc) is 2.28. The van der Waals surface area contributed by atoms with Crippen LogP contribution >= 0.6 is 0 Å². The lowest BCUT2D eigenvalue weighted by molar-refractivity contribution is 0.369. The maximum absolute atomic E-state index is 6.24. The summed E-state index contributed by atoms with van der Waals surface area (Å²) in [6.07, 6.45) is 5.13. The zero-order valence-corrected chi connectivity index (χ0v) is 11.2. The SMILES string of the molecule is CNC(c1ccc2c(c1)CCCC2)C(C)(C)N. The molecule has 1 aliphatic rings. The van der Waals surface area contributed by atoms with Crippen LogP contribution in [0.15, 0.2) is 18.2 Å². The first-order chi connectivity index (χ1) is 8.02. The first kappa shape index (κ1) is 12.6. The fourth-order valence-corrected chi connectivity index (χ4v) is 2.90. The summed E-state index contributed by atoms with van der Waals surface area (Å²) in [6, 6.07) is 7.10. The molecule has 0 amide bonds. The highest BCUT2D eigenvalue weighted by atomic mass is 14.9. The van der Waals surface area contributed by atoms with E-state index in [-0.39, 0.29) is 11.6 Å². The van der Waals surface area contributed by atoms with Crippen LogP contribution in [0.4, 0.5) is 0 Å². The van der Waals surface area contributed by atoms with Crippen LogP contribution < -0.4 is 11.1 Å². The van der Waals surface area contributed by atoms with Gasteiger partial charge in [0, 0.05) is 11.6 Å². The number of nitrogens with one attached hydrogen (secondary N) is 1. The first-order valence-corrected chi connectivity index (χ1v) is 6.60. The lowest BCUT2D eigenvalue weighted by atomic mass is 9.85. The van der Waals surface area contributed by atoms with Crippen LogP contribution in [0, 0.1) is 0 Å². The maximum atomic E-state index is 6.24. The molecule has 2 heteroatoms. The Labute approximate surface area is 105 Å². The van der Waals surface area contributed by atoms with Crippen molar-refractivity contribution in [3.63, 3.8) is 0 Å². The van der Waals surface area contributed by atoms with Gasteiger partial charge in [-0.15, -0.1) is 0 Å².